The minimum absolute atomic E-state index is 0.150. The Bertz CT molecular complexity index is 751. The van der Waals surface area contributed by atoms with Crippen molar-refractivity contribution in [3.63, 3.8) is 0 Å². The third-order valence-corrected chi connectivity index (χ3v) is 3.74. The van der Waals surface area contributed by atoms with Gasteiger partial charge in [0.15, 0.2) is 5.65 Å². The number of carbonyl (C=O) groups is 2. The normalized spacial score (nSPS) is 12.4. The number of aromatic nitrogens is 3. The van der Waals surface area contributed by atoms with E-state index in [0.29, 0.717) is 11.3 Å². The maximum absolute atomic E-state index is 12.6. The predicted molar refractivity (Wildman–Crippen MR) is 81.7 cm³/mol. The molecule has 0 aliphatic rings. The molecule has 2 aromatic rings. The average Bonchev–Trinajstić information content (AvgIpc) is 2.71. The van der Waals surface area contributed by atoms with Crippen molar-refractivity contribution in [3.8, 4) is 0 Å². The molecule has 7 nitrogen and oxygen atoms in total. The van der Waals surface area contributed by atoms with Gasteiger partial charge in [-0.15, -0.1) is 0 Å². The fraction of sp³-hybridized carbons (Fsp3) is 0.467. The highest BCUT2D eigenvalue weighted by Crippen LogP contribution is 2.20. The summed E-state index contributed by atoms with van der Waals surface area (Å²) in [4.78, 5) is 29.3. The lowest BCUT2D eigenvalue weighted by Gasteiger charge is -2.20. The zero-order valence-electron chi connectivity index (χ0n) is 13.4. The van der Waals surface area contributed by atoms with Crippen molar-refractivity contribution in [1.29, 1.82) is 0 Å². The lowest BCUT2D eigenvalue weighted by atomic mass is 10.1. The molecule has 1 atom stereocenters. The van der Waals surface area contributed by atoms with Gasteiger partial charge in [0, 0.05) is 26.0 Å². The Hall–Kier alpha value is -2.44. The minimum Gasteiger partial charge on any atom is -0.481 e. The average molecular weight is 304 g/mol. The Morgan fingerprint density at radius 1 is 1.36 bits per heavy atom. The van der Waals surface area contributed by atoms with E-state index < -0.39 is 11.9 Å². The van der Waals surface area contributed by atoms with E-state index in [-0.39, 0.29) is 12.5 Å². The number of hydrogen-bond acceptors (Lipinski definition) is 4. The number of carbonyl (C=O) groups excluding carboxylic acids is 1. The molecule has 0 radical (unpaired) electrons. The summed E-state index contributed by atoms with van der Waals surface area (Å²) in [5.74, 6) is -1.78. The van der Waals surface area contributed by atoms with Crippen LogP contribution in [0.2, 0.25) is 0 Å². The van der Waals surface area contributed by atoms with Crippen LogP contribution < -0.4 is 0 Å². The van der Waals surface area contributed by atoms with E-state index in [4.69, 9.17) is 5.11 Å². The summed E-state index contributed by atoms with van der Waals surface area (Å²) in [7, 11) is 3.41. The number of pyridine rings is 1. The summed E-state index contributed by atoms with van der Waals surface area (Å²) in [6, 6.07) is 1.78. The molecule has 22 heavy (non-hydrogen) atoms. The number of carboxylic acids is 1. The Balaban J connectivity index is 2.37. The number of aryl methyl sites for hydroxylation is 3. The largest absolute Gasteiger partial charge is 0.481 e. The molecule has 1 N–H and O–H groups in total. The van der Waals surface area contributed by atoms with E-state index >= 15 is 0 Å². The van der Waals surface area contributed by atoms with Crippen LogP contribution in [0, 0.1) is 19.8 Å². The Morgan fingerprint density at radius 3 is 2.59 bits per heavy atom. The molecule has 2 rings (SSSR count). The summed E-state index contributed by atoms with van der Waals surface area (Å²) in [5.41, 5.74) is 2.62. The van der Waals surface area contributed by atoms with E-state index in [1.807, 2.05) is 14.0 Å². The molecule has 0 fully saturated rings. The first-order valence-electron chi connectivity index (χ1n) is 7.01. The SMILES string of the molecule is Cc1nc2c(cc1C(=O)N(C)CC(C)C(=O)O)c(C)nn2C. The van der Waals surface area contributed by atoms with Gasteiger partial charge in [0.1, 0.15) is 0 Å². The second-order valence-electron chi connectivity index (χ2n) is 5.63. The number of aliphatic carboxylic acids is 1. The van der Waals surface area contributed by atoms with Crippen molar-refractivity contribution in [1.82, 2.24) is 19.7 Å². The molecular weight excluding hydrogens is 284 g/mol. The van der Waals surface area contributed by atoms with Gasteiger partial charge in [-0.25, -0.2) is 4.98 Å². The van der Waals surface area contributed by atoms with Gasteiger partial charge in [-0.2, -0.15) is 5.10 Å². The predicted octanol–water partition coefficient (Wildman–Crippen LogP) is 1.38. The Kier molecular flexibility index (Phi) is 4.16. The smallest absolute Gasteiger partial charge is 0.308 e. The van der Waals surface area contributed by atoms with Gasteiger partial charge >= 0.3 is 5.97 Å². The van der Waals surface area contributed by atoms with Crippen LogP contribution in [0.3, 0.4) is 0 Å². The van der Waals surface area contributed by atoms with Crippen molar-refractivity contribution >= 4 is 22.9 Å². The monoisotopic (exact) mass is 304 g/mol. The number of rotatable bonds is 4. The molecule has 2 aromatic heterocycles. The van der Waals surface area contributed by atoms with E-state index in [1.165, 1.54) is 4.90 Å². The number of carboxylic acid groups (broad SMARTS) is 1. The van der Waals surface area contributed by atoms with Gasteiger partial charge in [-0.1, -0.05) is 6.92 Å². The highest BCUT2D eigenvalue weighted by molar-refractivity contribution is 5.98. The molecule has 0 aliphatic carbocycles. The van der Waals surface area contributed by atoms with Crippen molar-refractivity contribution in [2.24, 2.45) is 13.0 Å². The molecule has 0 aromatic carbocycles. The maximum Gasteiger partial charge on any atom is 0.308 e. The van der Waals surface area contributed by atoms with E-state index in [9.17, 15) is 9.59 Å². The topological polar surface area (TPSA) is 88.3 Å². The summed E-state index contributed by atoms with van der Waals surface area (Å²) in [5, 5.41) is 14.1. The number of hydrogen-bond donors (Lipinski definition) is 1. The number of fused-ring (bicyclic) bond motifs is 1. The first kappa shape index (κ1) is 15.9. The molecule has 1 unspecified atom stereocenters. The van der Waals surface area contributed by atoms with Gasteiger partial charge < -0.3 is 10.0 Å². The molecule has 0 bridgehead atoms. The van der Waals surface area contributed by atoms with Crippen molar-refractivity contribution in [3.05, 3.63) is 23.0 Å². The van der Waals surface area contributed by atoms with E-state index in [0.717, 1.165) is 16.7 Å². The molecule has 2 heterocycles. The van der Waals surface area contributed by atoms with Crippen LogP contribution >= 0.6 is 0 Å². The van der Waals surface area contributed by atoms with E-state index in [1.54, 1.807) is 31.6 Å². The second kappa shape index (κ2) is 5.75. The van der Waals surface area contributed by atoms with Gasteiger partial charge in [0.25, 0.3) is 5.91 Å². The van der Waals surface area contributed by atoms with Gasteiger partial charge in [0.2, 0.25) is 0 Å². The first-order chi connectivity index (χ1) is 10.2. The van der Waals surface area contributed by atoms with Crippen LogP contribution in [0.4, 0.5) is 0 Å². The van der Waals surface area contributed by atoms with Crippen molar-refractivity contribution < 1.29 is 14.7 Å². The van der Waals surface area contributed by atoms with Crippen LogP contribution in [0.15, 0.2) is 6.07 Å². The molecule has 0 aliphatic heterocycles. The summed E-state index contributed by atoms with van der Waals surface area (Å²) < 4.78 is 1.68. The lowest BCUT2D eigenvalue weighted by molar-refractivity contribution is -0.141. The fourth-order valence-electron chi connectivity index (χ4n) is 2.43. The number of nitrogens with zero attached hydrogens (tertiary/aromatic N) is 4. The van der Waals surface area contributed by atoms with Crippen LogP contribution in [-0.2, 0) is 11.8 Å². The summed E-state index contributed by atoms with van der Waals surface area (Å²) >= 11 is 0. The third kappa shape index (κ3) is 2.79. The maximum atomic E-state index is 12.6. The highest BCUT2D eigenvalue weighted by atomic mass is 16.4. The molecule has 0 saturated heterocycles. The van der Waals surface area contributed by atoms with Gasteiger partial charge in [-0.05, 0) is 19.9 Å². The molecule has 0 saturated carbocycles. The molecule has 0 spiro atoms. The molecule has 1 amide bonds. The first-order valence-corrected chi connectivity index (χ1v) is 7.01. The zero-order chi connectivity index (χ0) is 16.6. The highest BCUT2D eigenvalue weighted by Gasteiger charge is 2.21. The van der Waals surface area contributed by atoms with E-state index in [2.05, 4.69) is 10.1 Å². The summed E-state index contributed by atoms with van der Waals surface area (Å²) in [6.45, 7) is 5.36. The number of amides is 1. The van der Waals surface area contributed by atoms with Crippen LogP contribution in [0.5, 0.6) is 0 Å². The molecule has 118 valence electrons. The molecule has 7 heteroatoms. The quantitative estimate of drug-likeness (QED) is 0.922. The van der Waals surface area contributed by atoms with Gasteiger partial charge in [-0.3, -0.25) is 14.3 Å². The van der Waals surface area contributed by atoms with Crippen molar-refractivity contribution in [2.75, 3.05) is 13.6 Å². The zero-order valence-corrected chi connectivity index (χ0v) is 13.4. The van der Waals surface area contributed by atoms with Crippen LogP contribution in [0.1, 0.15) is 28.7 Å². The minimum atomic E-state index is -0.923. The van der Waals surface area contributed by atoms with Crippen LogP contribution in [0.25, 0.3) is 11.0 Å². The third-order valence-electron chi connectivity index (χ3n) is 3.74. The second-order valence-corrected chi connectivity index (χ2v) is 5.63. The van der Waals surface area contributed by atoms with Crippen molar-refractivity contribution in [2.45, 2.75) is 20.8 Å². The van der Waals surface area contributed by atoms with Gasteiger partial charge in [0.05, 0.1) is 22.9 Å². The Labute approximate surface area is 128 Å². The standard InChI is InChI=1S/C15H20N4O3/c1-8(15(21)22)7-18(4)14(20)12-6-11-10(3)17-19(5)13(11)16-9(12)2/h6,8H,7H2,1-5H3,(H,21,22). The lowest BCUT2D eigenvalue weighted by Crippen LogP contribution is -2.34. The van der Waals surface area contributed by atoms with Crippen LogP contribution in [-0.4, -0.2) is 50.2 Å². The fourth-order valence-corrected chi connectivity index (χ4v) is 2.43. The Morgan fingerprint density at radius 2 is 2.00 bits per heavy atom. The summed E-state index contributed by atoms with van der Waals surface area (Å²) in [6.07, 6.45) is 0. The molecular formula is C15H20N4O3.